The lowest BCUT2D eigenvalue weighted by Gasteiger charge is -1.98. The van der Waals surface area contributed by atoms with Crippen LogP contribution in [0.25, 0.3) is 0 Å². The van der Waals surface area contributed by atoms with Gasteiger partial charge in [0.25, 0.3) is 0 Å². The standard InChI is InChI=1S/C6H7NOS/c7-4-2-1-3-5(9)6(4)8/h1-3,8-9H,7H2. The van der Waals surface area contributed by atoms with Gasteiger partial charge in [0.2, 0.25) is 0 Å². The molecule has 48 valence electrons. The molecule has 0 bridgehead atoms. The molecule has 1 rings (SSSR count). The van der Waals surface area contributed by atoms with Gasteiger partial charge in [0.1, 0.15) is 0 Å². The van der Waals surface area contributed by atoms with E-state index in [4.69, 9.17) is 10.8 Å². The van der Waals surface area contributed by atoms with E-state index in [0.717, 1.165) is 0 Å². The Morgan fingerprint density at radius 3 is 2.56 bits per heavy atom. The summed E-state index contributed by atoms with van der Waals surface area (Å²) in [6.45, 7) is 0. The van der Waals surface area contributed by atoms with E-state index in [-0.39, 0.29) is 5.75 Å². The number of rotatable bonds is 0. The fourth-order valence-corrected chi connectivity index (χ4v) is 0.764. The second-order valence-electron chi connectivity index (χ2n) is 1.71. The molecule has 0 radical (unpaired) electrons. The highest BCUT2D eigenvalue weighted by molar-refractivity contribution is 7.80. The van der Waals surface area contributed by atoms with Gasteiger partial charge in [0.15, 0.2) is 5.75 Å². The highest BCUT2D eigenvalue weighted by Gasteiger charge is 1.96. The fourth-order valence-electron chi connectivity index (χ4n) is 0.549. The Balaban J connectivity index is 3.25. The van der Waals surface area contributed by atoms with Crippen molar-refractivity contribution in [1.82, 2.24) is 0 Å². The molecule has 0 aliphatic rings. The summed E-state index contributed by atoms with van der Waals surface area (Å²) in [4.78, 5) is 0.509. The zero-order valence-electron chi connectivity index (χ0n) is 4.70. The van der Waals surface area contributed by atoms with E-state index >= 15 is 0 Å². The van der Waals surface area contributed by atoms with Crippen molar-refractivity contribution in [2.45, 2.75) is 4.90 Å². The number of anilines is 1. The molecule has 0 unspecified atom stereocenters. The molecule has 0 spiro atoms. The molecular weight excluding hydrogens is 134 g/mol. The first kappa shape index (κ1) is 6.29. The summed E-state index contributed by atoms with van der Waals surface area (Å²) in [6.07, 6.45) is 0. The predicted octanol–water partition coefficient (Wildman–Crippen LogP) is 1.26. The summed E-state index contributed by atoms with van der Waals surface area (Å²) in [5.41, 5.74) is 5.69. The minimum absolute atomic E-state index is 0.0563. The van der Waals surface area contributed by atoms with Gasteiger partial charge < -0.3 is 10.8 Å². The Kier molecular flexibility index (Phi) is 1.53. The number of phenols is 1. The van der Waals surface area contributed by atoms with Crippen LogP contribution in [0.15, 0.2) is 23.1 Å². The van der Waals surface area contributed by atoms with Crippen LogP contribution >= 0.6 is 12.6 Å². The number of hydrogen-bond acceptors (Lipinski definition) is 3. The van der Waals surface area contributed by atoms with E-state index in [1.54, 1.807) is 18.2 Å². The zero-order valence-corrected chi connectivity index (χ0v) is 5.60. The Bertz CT molecular complexity index is 204. The molecule has 0 aliphatic heterocycles. The smallest absolute Gasteiger partial charge is 0.151 e. The van der Waals surface area contributed by atoms with Crippen LogP contribution in [0.1, 0.15) is 0 Å². The molecule has 0 atom stereocenters. The van der Waals surface area contributed by atoms with Gasteiger partial charge in [-0.15, -0.1) is 12.6 Å². The van der Waals surface area contributed by atoms with Crippen molar-refractivity contribution in [3.05, 3.63) is 18.2 Å². The van der Waals surface area contributed by atoms with E-state index in [1.807, 2.05) is 0 Å². The molecular formula is C6H7NOS. The Morgan fingerprint density at radius 1 is 1.44 bits per heavy atom. The Morgan fingerprint density at radius 2 is 2.11 bits per heavy atom. The third-order valence-electron chi connectivity index (χ3n) is 1.05. The minimum Gasteiger partial charge on any atom is -0.505 e. The first-order valence-corrected chi connectivity index (χ1v) is 2.93. The maximum Gasteiger partial charge on any atom is 0.151 e. The number of hydrogen-bond donors (Lipinski definition) is 3. The van der Waals surface area contributed by atoms with Crippen molar-refractivity contribution in [3.63, 3.8) is 0 Å². The molecule has 1 aromatic carbocycles. The van der Waals surface area contributed by atoms with Crippen molar-refractivity contribution >= 4 is 18.3 Å². The molecule has 0 saturated carbocycles. The van der Waals surface area contributed by atoms with Gasteiger partial charge in [-0.05, 0) is 12.1 Å². The number of para-hydroxylation sites is 1. The maximum atomic E-state index is 9.00. The molecule has 0 saturated heterocycles. The van der Waals surface area contributed by atoms with Crippen LogP contribution in [0.2, 0.25) is 0 Å². The maximum absolute atomic E-state index is 9.00. The van der Waals surface area contributed by atoms with E-state index in [0.29, 0.717) is 10.6 Å². The van der Waals surface area contributed by atoms with Gasteiger partial charge in [0, 0.05) is 4.90 Å². The fraction of sp³-hybridized carbons (Fsp3) is 0. The highest BCUT2D eigenvalue weighted by atomic mass is 32.1. The summed E-state index contributed by atoms with van der Waals surface area (Å²) in [5.74, 6) is 0.0563. The molecule has 3 heteroatoms. The molecule has 0 amide bonds. The van der Waals surface area contributed by atoms with Crippen LogP contribution in [0.5, 0.6) is 5.75 Å². The average molecular weight is 141 g/mol. The molecule has 3 N–H and O–H groups in total. The third kappa shape index (κ3) is 1.10. The molecule has 0 fully saturated rings. The van der Waals surface area contributed by atoms with Gasteiger partial charge in [0.05, 0.1) is 5.69 Å². The quantitative estimate of drug-likeness (QED) is 0.289. The Hall–Kier alpha value is -0.830. The van der Waals surface area contributed by atoms with Crippen molar-refractivity contribution in [2.24, 2.45) is 0 Å². The Labute approximate surface area is 58.7 Å². The first-order valence-electron chi connectivity index (χ1n) is 2.48. The third-order valence-corrected chi connectivity index (χ3v) is 1.41. The molecule has 0 aromatic heterocycles. The van der Waals surface area contributed by atoms with Crippen LogP contribution in [-0.4, -0.2) is 5.11 Å². The highest BCUT2D eigenvalue weighted by Crippen LogP contribution is 2.26. The number of thiol groups is 1. The summed E-state index contributed by atoms with van der Waals surface area (Å²) < 4.78 is 0. The van der Waals surface area contributed by atoms with Gasteiger partial charge in [-0.2, -0.15) is 0 Å². The topological polar surface area (TPSA) is 46.2 Å². The van der Waals surface area contributed by atoms with Crippen molar-refractivity contribution in [1.29, 1.82) is 0 Å². The molecule has 0 aliphatic carbocycles. The normalized spacial score (nSPS) is 9.44. The van der Waals surface area contributed by atoms with Gasteiger partial charge in [-0.25, -0.2) is 0 Å². The molecule has 1 aromatic rings. The van der Waals surface area contributed by atoms with Crippen molar-refractivity contribution < 1.29 is 5.11 Å². The molecule has 9 heavy (non-hydrogen) atoms. The monoisotopic (exact) mass is 141 g/mol. The van der Waals surface area contributed by atoms with Crippen LogP contribution in [-0.2, 0) is 0 Å². The van der Waals surface area contributed by atoms with Gasteiger partial charge in [-0.3, -0.25) is 0 Å². The lowest BCUT2D eigenvalue weighted by atomic mass is 10.3. The molecule has 2 nitrogen and oxygen atoms in total. The largest absolute Gasteiger partial charge is 0.505 e. The summed E-state index contributed by atoms with van der Waals surface area (Å²) in [6, 6.07) is 5.03. The molecule has 0 heterocycles. The van der Waals surface area contributed by atoms with E-state index in [9.17, 15) is 0 Å². The van der Waals surface area contributed by atoms with Crippen LogP contribution < -0.4 is 5.73 Å². The lowest BCUT2D eigenvalue weighted by Crippen LogP contribution is -1.84. The summed E-state index contributed by atoms with van der Waals surface area (Å²) >= 11 is 3.94. The second-order valence-corrected chi connectivity index (χ2v) is 2.20. The average Bonchev–Trinajstić information content (AvgIpc) is 1.83. The number of phenolic OH excluding ortho intramolecular Hbond substituents is 1. The number of nitrogens with two attached hydrogens (primary N) is 1. The predicted molar refractivity (Wildman–Crippen MR) is 39.8 cm³/mol. The van der Waals surface area contributed by atoms with Gasteiger partial charge >= 0.3 is 0 Å². The van der Waals surface area contributed by atoms with Crippen LogP contribution in [0.4, 0.5) is 5.69 Å². The van der Waals surface area contributed by atoms with E-state index in [2.05, 4.69) is 12.6 Å². The van der Waals surface area contributed by atoms with Crippen LogP contribution in [0, 0.1) is 0 Å². The van der Waals surface area contributed by atoms with Crippen molar-refractivity contribution in [3.8, 4) is 5.75 Å². The number of benzene rings is 1. The van der Waals surface area contributed by atoms with Gasteiger partial charge in [-0.1, -0.05) is 6.07 Å². The van der Waals surface area contributed by atoms with E-state index < -0.39 is 0 Å². The van der Waals surface area contributed by atoms with Crippen molar-refractivity contribution in [2.75, 3.05) is 5.73 Å². The number of nitrogen functional groups attached to an aromatic ring is 1. The summed E-state index contributed by atoms with van der Waals surface area (Å²) in [5, 5.41) is 9.00. The summed E-state index contributed by atoms with van der Waals surface area (Å²) in [7, 11) is 0. The minimum atomic E-state index is 0.0563. The number of aromatic hydroxyl groups is 1. The van der Waals surface area contributed by atoms with Crippen LogP contribution in [0.3, 0.4) is 0 Å². The lowest BCUT2D eigenvalue weighted by molar-refractivity contribution is 0.465. The first-order chi connectivity index (χ1) is 4.22. The second kappa shape index (κ2) is 2.19. The SMILES string of the molecule is Nc1cccc(S)c1O. The van der Waals surface area contributed by atoms with E-state index in [1.165, 1.54) is 0 Å². The zero-order chi connectivity index (χ0) is 6.85.